The first kappa shape index (κ1) is 13.0. The lowest BCUT2D eigenvalue weighted by molar-refractivity contribution is -0.146. The highest BCUT2D eigenvalue weighted by atomic mass is 16.5. The normalized spacial score (nSPS) is 23.1. The van der Waals surface area contributed by atoms with E-state index in [1.54, 1.807) is 6.92 Å². The lowest BCUT2D eigenvalue weighted by Gasteiger charge is -2.15. The number of esters is 1. The number of nitrogens with zero attached hydrogens (tertiary/aromatic N) is 1. The molecule has 16 heavy (non-hydrogen) atoms. The van der Waals surface area contributed by atoms with Crippen LogP contribution in [0.3, 0.4) is 0 Å². The van der Waals surface area contributed by atoms with Crippen molar-refractivity contribution in [1.82, 2.24) is 0 Å². The number of aliphatic imine (C=N–C) groups is 1. The Bertz CT molecular complexity index is 240. The second-order valence-corrected chi connectivity index (χ2v) is 3.98. The van der Waals surface area contributed by atoms with Crippen LogP contribution in [0.1, 0.15) is 46.0 Å². The molecule has 0 aliphatic carbocycles. The number of rotatable bonds is 7. The van der Waals surface area contributed by atoms with Gasteiger partial charge in [-0.25, -0.2) is 9.79 Å². The van der Waals surface area contributed by atoms with Crippen molar-refractivity contribution in [2.45, 2.75) is 58.1 Å². The Morgan fingerprint density at radius 1 is 1.38 bits per heavy atom. The van der Waals surface area contributed by atoms with Crippen LogP contribution in [0.2, 0.25) is 0 Å². The van der Waals surface area contributed by atoms with E-state index in [0.717, 1.165) is 12.8 Å². The van der Waals surface area contributed by atoms with Gasteiger partial charge in [-0.3, -0.25) is 0 Å². The molecule has 0 aromatic heterocycles. The molecule has 0 saturated carbocycles. The van der Waals surface area contributed by atoms with Crippen LogP contribution in [0.15, 0.2) is 4.99 Å². The fourth-order valence-electron chi connectivity index (χ4n) is 1.79. The highest BCUT2D eigenvalue weighted by Gasteiger charge is 2.33. The zero-order chi connectivity index (χ0) is 11.8. The van der Waals surface area contributed by atoms with Gasteiger partial charge in [0.15, 0.2) is 12.4 Å². The predicted octanol–water partition coefficient (Wildman–Crippen LogP) is 2.32. The van der Waals surface area contributed by atoms with Crippen molar-refractivity contribution >= 4 is 12.4 Å². The van der Waals surface area contributed by atoms with Crippen LogP contribution in [0, 0.1) is 0 Å². The van der Waals surface area contributed by atoms with E-state index in [9.17, 15) is 4.79 Å². The van der Waals surface area contributed by atoms with Crippen LogP contribution in [-0.2, 0) is 14.3 Å². The third-order valence-electron chi connectivity index (χ3n) is 2.68. The smallest absolute Gasteiger partial charge is 0.334 e. The summed E-state index contributed by atoms with van der Waals surface area (Å²) >= 11 is 0. The molecule has 1 heterocycles. The van der Waals surface area contributed by atoms with Crippen LogP contribution in [0.5, 0.6) is 0 Å². The Morgan fingerprint density at radius 3 is 2.88 bits per heavy atom. The molecule has 0 aromatic rings. The van der Waals surface area contributed by atoms with E-state index in [4.69, 9.17) is 9.47 Å². The van der Waals surface area contributed by atoms with Crippen LogP contribution in [-0.4, -0.2) is 31.1 Å². The van der Waals surface area contributed by atoms with Crippen molar-refractivity contribution in [3.05, 3.63) is 0 Å². The van der Waals surface area contributed by atoms with E-state index in [0.29, 0.717) is 6.61 Å². The largest absolute Gasteiger partial charge is 0.477 e. The minimum Gasteiger partial charge on any atom is -0.477 e. The SMILES string of the molecule is CCCCCCC1OC=NC1C(=O)OCC. The lowest BCUT2D eigenvalue weighted by Crippen LogP contribution is -2.31. The summed E-state index contributed by atoms with van der Waals surface area (Å²) in [5.41, 5.74) is 0. The molecule has 92 valence electrons. The van der Waals surface area contributed by atoms with E-state index in [1.165, 1.54) is 25.7 Å². The Hall–Kier alpha value is -1.06. The van der Waals surface area contributed by atoms with Gasteiger partial charge in [-0.15, -0.1) is 0 Å². The first-order valence-electron chi connectivity index (χ1n) is 6.13. The average Bonchev–Trinajstić information content (AvgIpc) is 2.73. The molecule has 1 aliphatic heterocycles. The zero-order valence-corrected chi connectivity index (χ0v) is 10.1. The van der Waals surface area contributed by atoms with Gasteiger partial charge in [0.1, 0.15) is 6.10 Å². The fraction of sp³-hybridized carbons (Fsp3) is 0.833. The second kappa shape index (κ2) is 7.25. The maximum absolute atomic E-state index is 11.5. The van der Waals surface area contributed by atoms with Crippen LogP contribution < -0.4 is 0 Å². The topological polar surface area (TPSA) is 47.9 Å². The number of carbonyl (C=O) groups excluding carboxylic acids is 1. The Kier molecular flexibility index (Phi) is 5.90. The second-order valence-electron chi connectivity index (χ2n) is 3.98. The molecule has 0 spiro atoms. The van der Waals surface area contributed by atoms with Crippen molar-refractivity contribution in [1.29, 1.82) is 0 Å². The summed E-state index contributed by atoms with van der Waals surface area (Å²) in [6.45, 7) is 4.37. The van der Waals surface area contributed by atoms with Crippen molar-refractivity contribution in [2.75, 3.05) is 6.61 Å². The average molecular weight is 227 g/mol. The molecule has 2 unspecified atom stereocenters. The summed E-state index contributed by atoms with van der Waals surface area (Å²) in [7, 11) is 0. The first-order chi connectivity index (χ1) is 7.79. The summed E-state index contributed by atoms with van der Waals surface area (Å²) in [5, 5.41) is 0. The van der Waals surface area contributed by atoms with E-state index in [-0.39, 0.29) is 12.1 Å². The summed E-state index contributed by atoms with van der Waals surface area (Å²) in [6.07, 6.45) is 6.86. The van der Waals surface area contributed by atoms with Crippen LogP contribution in [0.25, 0.3) is 0 Å². The molecule has 0 fully saturated rings. The molecule has 2 atom stereocenters. The third kappa shape index (κ3) is 3.83. The minimum atomic E-state index is -0.443. The predicted molar refractivity (Wildman–Crippen MR) is 62.5 cm³/mol. The fourth-order valence-corrected chi connectivity index (χ4v) is 1.79. The van der Waals surface area contributed by atoms with E-state index < -0.39 is 6.04 Å². The molecule has 4 heteroatoms. The molecule has 4 nitrogen and oxygen atoms in total. The highest BCUT2D eigenvalue weighted by molar-refractivity contribution is 5.79. The number of carbonyl (C=O) groups is 1. The molecule has 0 N–H and O–H groups in total. The minimum absolute atomic E-state index is 0.115. The summed E-state index contributed by atoms with van der Waals surface area (Å²) in [4.78, 5) is 15.5. The maximum Gasteiger partial charge on any atom is 0.334 e. The number of hydrogen-bond donors (Lipinski definition) is 0. The van der Waals surface area contributed by atoms with Gasteiger partial charge in [0, 0.05) is 0 Å². The van der Waals surface area contributed by atoms with Crippen molar-refractivity contribution < 1.29 is 14.3 Å². The quantitative estimate of drug-likeness (QED) is 0.495. The zero-order valence-electron chi connectivity index (χ0n) is 10.1. The Balaban J connectivity index is 2.28. The molecule has 0 saturated heterocycles. The Morgan fingerprint density at radius 2 is 2.19 bits per heavy atom. The van der Waals surface area contributed by atoms with Crippen LogP contribution in [0.4, 0.5) is 0 Å². The Labute approximate surface area is 97.0 Å². The standard InChI is InChI=1S/C12H21NO3/c1-3-5-6-7-8-10-11(13-9-16-10)12(14)15-4-2/h9-11H,3-8H2,1-2H3. The molecular weight excluding hydrogens is 206 g/mol. The van der Waals surface area contributed by atoms with Gasteiger partial charge in [-0.1, -0.05) is 26.2 Å². The molecule has 0 radical (unpaired) electrons. The van der Waals surface area contributed by atoms with E-state index >= 15 is 0 Å². The monoisotopic (exact) mass is 227 g/mol. The summed E-state index contributed by atoms with van der Waals surface area (Å²) in [6, 6.07) is -0.443. The molecule has 0 aromatic carbocycles. The molecule has 1 rings (SSSR count). The van der Waals surface area contributed by atoms with Gasteiger partial charge in [-0.2, -0.15) is 0 Å². The van der Waals surface area contributed by atoms with Crippen molar-refractivity contribution in [3.63, 3.8) is 0 Å². The number of hydrogen-bond acceptors (Lipinski definition) is 4. The molecular formula is C12H21NO3. The van der Waals surface area contributed by atoms with Crippen molar-refractivity contribution in [2.24, 2.45) is 4.99 Å². The summed E-state index contributed by atoms with van der Waals surface area (Å²) in [5.74, 6) is -0.267. The van der Waals surface area contributed by atoms with Gasteiger partial charge < -0.3 is 9.47 Å². The first-order valence-corrected chi connectivity index (χ1v) is 6.13. The van der Waals surface area contributed by atoms with Crippen LogP contribution >= 0.6 is 0 Å². The van der Waals surface area contributed by atoms with Crippen molar-refractivity contribution in [3.8, 4) is 0 Å². The molecule has 0 bridgehead atoms. The summed E-state index contributed by atoms with van der Waals surface area (Å²) < 4.78 is 10.3. The van der Waals surface area contributed by atoms with Gasteiger partial charge in [0.2, 0.25) is 0 Å². The van der Waals surface area contributed by atoms with Gasteiger partial charge in [0.25, 0.3) is 0 Å². The number of ether oxygens (including phenoxy) is 2. The van der Waals surface area contributed by atoms with Gasteiger partial charge in [-0.05, 0) is 19.8 Å². The third-order valence-corrected chi connectivity index (χ3v) is 2.68. The maximum atomic E-state index is 11.5. The molecule has 1 aliphatic rings. The van der Waals surface area contributed by atoms with Gasteiger partial charge >= 0.3 is 5.97 Å². The number of unbranched alkanes of at least 4 members (excludes halogenated alkanes) is 3. The van der Waals surface area contributed by atoms with E-state index in [1.807, 2.05) is 0 Å². The van der Waals surface area contributed by atoms with Gasteiger partial charge in [0.05, 0.1) is 6.61 Å². The molecule has 0 amide bonds. The van der Waals surface area contributed by atoms with E-state index in [2.05, 4.69) is 11.9 Å². The highest BCUT2D eigenvalue weighted by Crippen LogP contribution is 2.18. The lowest BCUT2D eigenvalue weighted by atomic mass is 10.0.